The molecule has 0 bridgehead atoms. The maximum Gasteiger partial charge on any atom is 0.225 e. The van der Waals surface area contributed by atoms with Gasteiger partial charge in [-0.25, -0.2) is 0 Å². The van der Waals surface area contributed by atoms with Crippen LogP contribution in [0.3, 0.4) is 0 Å². The highest BCUT2D eigenvalue weighted by atomic mass is 16.2. The highest BCUT2D eigenvalue weighted by molar-refractivity contribution is 5.79. The molecule has 0 unspecified atom stereocenters. The van der Waals surface area contributed by atoms with Crippen LogP contribution in [0.4, 0.5) is 5.82 Å². The van der Waals surface area contributed by atoms with Crippen LogP contribution in [0, 0.1) is 5.92 Å². The Balaban J connectivity index is 1.42. The molecule has 0 aliphatic carbocycles. The molecule has 4 rings (SSSR count). The van der Waals surface area contributed by atoms with Crippen molar-refractivity contribution in [2.75, 3.05) is 31.1 Å². The zero-order chi connectivity index (χ0) is 18.8. The number of nitrogens with zero attached hydrogens (tertiary/aromatic N) is 6. The van der Waals surface area contributed by atoms with Crippen LogP contribution in [-0.4, -0.2) is 56.8 Å². The lowest BCUT2D eigenvalue weighted by atomic mass is 9.95. The third-order valence-electron chi connectivity index (χ3n) is 5.88. The molecule has 146 valence electrons. The predicted octanol–water partition coefficient (Wildman–Crippen LogP) is 2.87. The molecule has 0 N–H and O–H groups in total. The van der Waals surface area contributed by atoms with Crippen LogP contribution >= 0.6 is 0 Å². The van der Waals surface area contributed by atoms with Gasteiger partial charge in [0, 0.05) is 38.0 Å². The smallest absolute Gasteiger partial charge is 0.225 e. The quantitative estimate of drug-likeness (QED) is 0.831. The van der Waals surface area contributed by atoms with Gasteiger partial charge in [0.2, 0.25) is 5.91 Å². The summed E-state index contributed by atoms with van der Waals surface area (Å²) in [5.74, 6) is 2.66. The minimum absolute atomic E-state index is 0.171. The maximum atomic E-state index is 12.9. The molecule has 0 atom stereocenters. The first-order valence-electron chi connectivity index (χ1n) is 10.4. The fraction of sp³-hybridized carbons (Fsp3) is 0.700. The molecule has 2 saturated heterocycles. The van der Waals surface area contributed by atoms with E-state index in [1.807, 2.05) is 16.6 Å². The van der Waals surface area contributed by atoms with Gasteiger partial charge in [-0.2, -0.15) is 4.52 Å². The summed E-state index contributed by atoms with van der Waals surface area (Å²) in [6, 6.07) is 4.00. The zero-order valence-corrected chi connectivity index (χ0v) is 16.5. The van der Waals surface area contributed by atoms with Crippen molar-refractivity contribution in [1.29, 1.82) is 0 Å². The number of carbonyl (C=O) groups excluding carboxylic acids is 1. The van der Waals surface area contributed by atoms with Crippen molar-refractivity contribution in [3.63, 3.8) is 0 Å². The van der Waals surface area contributed by atoms with Gasteiger partial charge >= 0.3 is 0 Å². The highest BCUT2D eigenvalue weighted by Gasteiger charge is 2.29. The zero-order valence-electron chi connectivity index (χ0n) is 16.5. The number of aromatic nitrogens is 4. The SMILES string of the molecule is CC(C)c1nnc2ccc(N3CCC(C(=O)N4CCCCCC4)CC3)nn12. The fourth-order valence-electron chi connectivity index (χ4n) is 4.23. The van der Waals surface area contributed by atoms with E-state index >= 15 is 0 Å². The number of hydrogen-bond acceptors (Lipinski definition) is 5. The Labute approximate surface area is 160 Å². The van der Waals surface area contributed by atoms with Crippen molar-refractivity contribution >= 4 is 17.4 Å². The second kappa shape index (κ2) is 7.82. The lowest BCUT2D eigenvalue weighted by molar-refractivity contribution is -0.136. The molecular weight excluding hydrogens is 340 g/mol. The molecule has 2 fully saturated rings. The molecule has 0 aromatic carbocycles. The summed E-state index contributed by atoms with van der Waals surface area (Å²) in [5, 5.41) is 13.2. The third kappa shape index (κ3) is 3.77. The summed E-state index contributed by atoms with van der Waals surface area (Å²) in [6.45, 7) is 7.85. The monoisotopic (exact) mass is 370 g/mol. The number of anilines is 1. The lowest BCUT2D eigenvalue weighted by Gasteiger charge is -2.34. The van der Waals surface area contributed by atoms with Crippen molar-refractivity contribution in [3.8, 4) is 0 Å². The first kappa shape index (κ1) is 18.2. The Morgan fingerprint density at radius 2 is 1.70 bits per heavy atom. The molecule has 2 aromatic rings. The largest absolute Gasteiger partial charge is 0.355 e. The van der Waals surface area contributed by atoms with E-state index in [1.54, 1.807) is 0 Å². The van der Waals surface area contributed by atoms with Crippen molar-refractivity contribution in [1.82, 2.24) is 24.7 Å². The van der Waals surface area contributed by atoms with Crippen LogP contribution in [0.25, 0.3) is 5.65 Å². The molecule has 4 heterocycles. The Morgan fingerprint density at radius 1 is 1.00 bits per heavy atom. The fourth-order valence-corrected chi connectivity index (χ4v) is 4.23. The van der Waals surface area contributed by atoms with E-state index in [-0.39, 0.29) is 11.8 Å². The summed E-state index contributed by atoms with van der Waals surface area (Å²) in [6.07, 6.45) is 6.66. The van der Waals surface area contributed by atoms with Crippen molar-refractivity contribution in [3.05, 3.63) is 18.0 Å². The Hall–Kier alpha value is -2.18. The molecule has 0 radical (unpaired) electrons. The van der Waals surface area contributed by atoms with Gasteiger partial charge in [0.15, 0.2) is 11.5 Å². The summed E-state index contributed by atoms with van der Waals surface area (Å²) < 4.78 is 1.86. The van der Waals surface area contributed by atoms with Crippen molar-refractivity contribution in [2.24, 2.45) is 5.92 Å². The predicted molar refractivity (Wildman–Crippen MR) is 105 cm³/mol. The van der Waals surface area contributed by atoms with Crippen LogP contribution in [0.15, 0.2) is 12.1 Å². The second-order valence-corrected chi connectivity index (χ2v) is 8.18. The van der Waals surface area contributed by atoms with Gasteiger partial charge in [0.05, 0.1) is 0 Å². The minimum atomic E-state index is 0.171. The van der Waals surface area contributed by atoms with Crippen LogP contribution in [0.1, 0.15) is 64.1 Å². The summed E-state index contributed by atoms with van der Waals surface area (Å²) in [5.41, 5.74) is 0.786. The number of amides is 1. The number of rotatable bonds is 3. The molecule has 2 aliphatic rings. The molecule has 7 heteroatoms. The van der Waals surface area contributed by atoms with Gasteiger partial charge in [-0.3, -0.25) is 4.79 Å². The molecule has 2 aromatic heterocycles. The number of likely N-dealkylation sites (tertiary alicyclic amines) is 1. The third-order valence-corrected chi connectivity index (χ3v) is 5.88. The standard InChI is InChI=1S/C20H30N6O/c1-15(2)19-22-21-17-7-8-18(23-26(17)19)24-13-9-16(10-14-24)20(27)25-11-5-3-4-6-12-25/h7-8,15-16H,3-6,9-14H2,1-2H3. The number of fused-ring (bicyclic) bond motifs is 1. The van der Waals surface area contributed by atoms with Crippen LogP contribution in [-0.2, 0) is 4.79 Å². The number of carbonyl (C=O) groups is 1. The second-order valence-electron chi connectivity index (χ2n) is 8.18. The van der Waals surface area contributed by atoms with Crippen molar-refractivity contribution in [2.45, 2.75) is 58.3 Å². The van der Waals surface area contributed by atoms with Gasteiger partial charge in [-0.1, -0.05) is 26.7 Å². The van der Waals surface area contributed by atoms with Crippen molar-refractivity contribution < 1.29 is 4.79 Å². The van der Waals surface area contributed by atoms with Gasteiger partial charge in [-0.05, 0) is 37.8 Å². The summed E-state index contributed by atoms with van der Waals surface area (Å²) >= 11 is 0. The maximum absolute atomic E-state index is 12.9. The van der Waals surface area contributed by atoms with E-state index in [0.29, 0.717) is 5.91 Å². The molecular formula is C20H30N6O. The van der Waals surface area contributed by atoms with E-state index in [9.17, 15) is 4.79 Å². The van der Waals surface area contributed by atoms with Crippen LogP contribution in [0.2, 0.25) is 0 Å². The van der Waals surface area contributed by atoms with Gasteiger partial charge in [0.1, 0.15) is 5.82 Å². The van der Waals surface area contributed by atoms with Gasteiger partial charge in [-0.15, -0.1) is 15.3 Å². The summed E-state index contributed by atoms with van der Waals surface area (Å²) in [4.78, 5) is 17.3. The normalized spacial score (nSPS) is 19.7. The first-order chi connectivity index (χ1) is 13.1. The van der Waals surface area contributed by atoms with E-state index in [1.165, 1.54) is 12.8 Å². The number of piperidine rings is 1. The first-order valence-corrected chi connectivity index (χ1v) is 10.4. The highest BCUT2D eigenvalue weighted by Crippen LogP contribution is 2.25. The average molecular weight is 371 g/mol. The van der Waals surface area contributed by atoms with Gasteiger partial charge in [0.25, 0.3) is 0 Å². The van der Waals surface area contributed by atoms with E-state index in [0.717, 1.165) is 69.2 Å². The summed E-state index contributed by atoms with van der Waals surface area (Å²) in [7, 11) is 0. The Bertz CT molecular complexity index is 785. The molecule has 7 nitrogen and oxygen atoms in total. The lowest BCUT2D eigenvalue weighted by Crippen LogP contribution is -2.43. The molecule has 27 heavy (non-hydrogen) atoms. The molecule has 0 spiro atoms. The molecule has 1 amide bonds. The van der Waals surface area contributed by atoms with Crippen LogP contribution in [0.5, 0.6) is 0 Å². The topological polar surface area (TPSA) is 66.6 Å². The average Bonchev–Trinajstić information content (AvgIpc) is 2.93. The van der Waals surface area contributed by atoms with E-state index in [2.05, 4.69) is 33.8 Å². The molecule has 0 saturated carbocycles. The van der Waals surface area contributed by atoms with E-state index < -0.39 is 0 Å². The molecule has 2 aliphatic heterocycles. The Kier molecular flexibility index (Phi) is 5.27. The Morgan fingerprint density at radius 3 is 2.37 bits per heavy atom. The van der Waals surface area contributed by atoms with E-state index in [4.69, 9.17) is 5.10 Å². The number of hydrogen-bond donors (Lipinski definition) is 0. The minimum Gasteiger partial charge on any atom is -0.355 e. The van der Waals surface area contributed by atoms with Gasteiger partial charge < -0.3 is 9.80 Å². The van der Waals surface area contributed by atoms with Crippen LogP contribution < -0.4 is 4.90 Å².